The maximum absolute atomic E-state index is 13.2. The normalized spacial score (nSPS) is 12.5. The Kier molecular flexibility index (Phi) is 23.9. The average Bonchev–Trinajstić information content (AvgIpc) is 3.30. The Morgan fingerprint density at radius 3 is 1.52 bits per heavy atom. The zero-order valence-electron chi connectivity index (χ0n) is 33.3. The van der Waals surface area contributed by atoms with Gasteiger partial charge in [-0.05, 0) is 63.7 Å². The summed E-state index contributed by atoms with van der Waals surface area (Å²) < 4.78 is 15.8. The summed E-state index contributed by atoms with van der Waals surface area (Å²) in [4.78, 5) is 103. The van der Waals surface area contributed by atoms with Crippen molar-refractivity contribution in [3.05, 3.63) is 97.4 Å². The first-order valence-electron chi connectivity index (χ1n) is 17.6. The summed E-state index contributed by atoms with van der Waals surface area (Å²) in [5.74, 6) is 8.28. The molecule has 0 saturated carbocycles. The van der Waals surface area contributed by atoms with Gasteiger partial charge in [0.15, 0.2) is 0 Å². The highest BCUT2D eigenvalue weighted by molar-refractivity contribution is 5.89. The van der Waals surface area contributed by atoms with Crippen molar-refractivity contribution >= 4 is 36.0 Å². The van der Waals surface area contributed by atoms with Gasteiger partial charge in [-0.25, -0.2) is 41.5 Å². The highest BCUT2D eigenvalue weighted by atomic mass is 16.6. The highest BCUT2D eigenvalue weighted by Crippen LogP contribution is 2.21. The molecule has 0 saturated heterocycles. The van der Waals surface area contributed by atoms with Gasteiger partial charge < -0.3 is 24.8 Å². The van der Waals surface area contributed by atoms with Crippen LogP contribution in [-0.4, -0.2) is 122 Å². The summed E-state index contributed by atoms with van der Waals surface area (Å²) in [7, 11) is 0. The van der Waals surface area contributed by atoms with Crippen molar-refractivity contribution < 1.29 is 43.0 Å². The minimum absolute atomic E-state index is 0.0814. The lowest BCUT2D eigenvalue weighted by molar-refractivity contribution is -0.130. The van der Waals surface area contributed by atoms with E-state index in [0.29, 0.717) is 0 Å². The third kappa shape index (κ3) is 18.8. The van der Waals surface area contributed by atoms with Crippen molar-refractivity contribution in [3.63, 3.8) is 0 Å². The monoisotopic (exact) mass is 912 g/mol. The van der Waals surface area contributed by atoms with Crippen LogP contribution in [0.4, 0.5) is 14.4 Å². The predicted molar refractivity (Wildman–Crippen MR) is 213 cm³/mol. The zero-order valence-corrected chi connectivity index (χ0v) is 33.3. The minimum Gasteiger partial charge on any atom is -0.441 e. The van der Waals surface area contributed by atoms with Crippen molar-refractivity contribution in [1.82, 2.24) is 26.1 Å². The molecule has 344 valence electrons. The number of azide groups is 6. The fraction of sp³-hybridized carbons (Fsp3) is 0.556. The standard InChI is InChI=1S/C27H36N28O10/c28-47-39-10-26(11-40-48-29,12-41-49-30)64-24(60)54(35)18(21(57)38-9-20(56)45-53-34)2-1-7-37-23(59)63-17-5-3-16(4-6-17)8-19(22(58)46-62)55(36)25(61)65-27(13-42-50-31,14-43-51-32)15-44-52-33/h3-6,18-19H,1-2,7-15,35-36H2,(H,37,59)(H,38,57)(H2,34,45,56)/t18-,19-/m0/s1. The van der Waals surface area contributed by atoms with Crippen LogP contribution in [0.2, 0.25) is 0 Å². The Morgan fingerprint density at radius 2 is 1.12 bits per heavy atom. The van der Waals surface area contributed by atoms with E-state index in [-0.39, 0.29) is 40.7 Å². The number of benzene rings is 1. The van der Waals surface area contributed by atoms with Gasteiger partial charge in [-0.15, -0.1) is 4.91 Å². The molecule has 0 radical (unpaired) electrons. The van der Waals surface area contributed by atoms with Crippen LogP contribution in [0.1, 0.15) is 18.4 Å². The van der Waals surface area contributed by atoms with Gasteiger partial charge in [-0.2, -0.15) is 5.53 Å². The summed E-state index contributed by atoms with van der Waals surface area (Å²) in [6, 6.07) is 1.62. The number of nitrogens with zero attached hydrogens (tertiary/aromatic N) is 22. The van der Waals surface area contributed by atoms with E-state index in [1.807, 2.05) is 0 Å². The summed E-state index contributed by atoms with van der Waals surface area (Å²) in [5.41, 5.74) is 57.3. The molecule has 1 rings (SSSR count). The van der Waals surface area contributed by atoms with Gasteiger partial charge in [-0.3, -0.25) is 14.4 Å². The number of hydrogen-bond donors (Lipinski definition) is 6. The van der Waals surface area contributed by atoms with E-state index >= 15 is 0 Å². The molecule has 0 aliphatic heterocycles. The number of carbonyl (C=O) groups excluding carboxylic acids is 6. The maximum Gasteiger partial charge on any atom is 0.425 e. The second-order valence-electron chi connectivity index (χ2n) is 12.4. The SMILES string of the molecule is [N-]=[N+]=NCC(CN=[N+]=[N-])(CN=[N+]=[N-])OC(=O)N(N)[C@@H](Cc1ccc(OC(=O)NCCC[C@@H](C(=O)NCC(=O)NN=N)N(N)C(=O)OC(CN=[N+]=[N-])(CN=[N+]=[N-])CN=[N+]=[N-])cc1)C(=O)N=O. The van der Waals surface area contributed by atoms with Crippen LogP contribution in [0.5, 0.6) is 5.75 Å². The Bertz CT molecular complexity index is 2090. The van der Waals surface area contributed by atoms with Crippen molar-refractivity contribution in [2.24, 2.45) is 52.8 Å². The molecule has 0 aromatic heterocycles. The number of nitrogens with two attached hydrogens (primary N) is 2. The first-order chi connectivity index (χ1) is 31.1. The van der Waals surface area contributed by atoms with Gasteiger partial charge >= 0.3 is 24.2 Å². The van der Waals surface area contributed by atoms with Crippen LogP contribution in [0.15, 0.2) is 65.4 Å². The largest absolute Gasteiger partial charge is 0.441 e. The van der Waals surface area contributed by atoms with Gasteiger partial charge in [0.25, 0.3) is 5.91 Å². The maximum atomic E-state index is 13.2. The van der Waals surface area contributed by atoms with Gasteiger partial charge in [-0.1, -0.05) is 48.0 Å². The zero-order chi connectivity index (χ0) is 48.7. The molecular formula is C27H36N28O10. The van der Waals surface area contributed by atoms with Crippen LogP contribution >= 0.6 is 0 Å². The Hall–Kier alpha value is -9.38. The molecule has 38 heteroatoms. The quantitative estimate of drug-likeness (QED) is 0.0103. The molecule has 0 fully saturated rings. The van der Waals surface area contributed by atoms with Gasteiger partial charge in [0.2, 0.25) is 5.91 Å². The Labute approximate surface area is 361 Å². The number of rotatable bonds is 28. The molecule has 0 aliphatic rings. The van der Waals surface area contributed by atoms with Crippen LogP contribution in [0.3, 0.4) is 0 Å². The molecule has 1 aromatic rings. The van der Waals surface area contributed by atoms with Crippen LogP contribution in [-0.2, 0) is 30.3 Å². The fourth-order valence-electron chi connectivity index (χ4n) is 4.88. The van der Waals surface area contributed by atoms with Gasteiger partial charge in [0.05, 0.1) is 45.8 Å². The van der Waals surface area contributed by atoms with E-state index in [9.17, 15) is 33.7 Å². The summed E-state index contributed by atoms with van der Waals surface area (Å²) in [5, 5.41) is 29.6. The highest BCUT2D eigenvalue weighted by Gasteiger charge is 2.39. The van der Waals surface area contributed by atoms with Gasteiger partial charge in [0, 0.05) is 47.6 Å². The number of hydrazine groups is 2. The molecule has 1 aromatic carbocycles. The summed E-state index contributed by atoms with van der Waals surface area (Å²) in [6.45, 7) is -5.23. The third-order valence-corrected chi connectivity index (χ3v) is 8.00. The topological polar surface area (TPSA) is 583 Å². The van der Waals surface area contributed by atoms with Crippen LogP contribution in [0, 0.1) is 10.4 Å². The lowest BCUT2D eigenvalue weighted by atomic mass is 10.0. The van der Waals surface area contributed by atoms with Crippen molar-refractivity contribution in [1.29, 1.82) is 5.53 Å². The molecule has 0 bridgehead atoms. The third-order valence-electron chi connectivity index (χ3n) is 8.00. The van der Waals surface area contributed by atoms with E-state index in [2.05, 4.69) is 81.2 Å². The predicted octanol–water partition coefficient (Wildman–Crippen LogP) is 3.27. The smallest absolute Gasteiger partial charge is 0.425 e. The molecule has 8 N–H and O–H groups in total. The van der Waals surface area contributed by atoms with Crippen LogP contribution in [0.25, 0.3) is 62.7 Å². The second-order valence-corrected chi connectivity index (χ2v) is 12.4. The molecule has 0 aliphatic carbocycles. The molecule has 65 heavy (non-hydrogen) atoms. The van der Waals surface area contributed by atoms with E-state index in [1.54, 1.807) is 5.43 Å². The molecular weight excluding hydrogens is 876 g/mol. The lowest BCUT2D eigenvalue weighted by Gasteiger charge is -2.33. The molecule has 0 spiro atoms. The van der Waals surface area contributed by atoms with Gasteiger partial charge in [0.1, 0.15) is 29.0 Å². The Balaban J connectivity index is 3.13. The van der Waals surface area contributed by atoms with E-state index in [1.165, 1.54) is 24.3 Å². The van der Waals surface area contributed by atoms with Crippen molar-refractivity contribution in [2.75, 3.05) is 52.4 Å². The van der Waals surface area contributed by atoms with Crippen LogP contribution < -0.4 is 32.5 Å². The van der Waals surface area contributed by atoms with E-state index in [4.69, 9.17) is 64.6 Å². The first-order valence-corrected chi connectivity index (χ1v) is 17.6. The second kappa shape index (κ2) is 29.0. The number of carbonyl (C=O) groups is 6. The summed E-state index contributed by atoms with van der Waals surface area (Å²) in [6.07, 6.45) is -4.97. The molecule has 2 atom stereocenters. The Morgan fingerprint density at radius 1 is 0.692 bits per heavy atom. The minimum atomic E-state index is -2.06. The molecule has 0 heterocycles. The number of hydrogen-bond acceptors (Lipinski definition) is 20. The van der Waals surface area contributed by atoms with Crippen molar-refractivity contribution in [3.8, 4) is 5.75 Å². The molecule has 38 nitrogen and oxygen atoms in total. The number of nitrogens with one attached hydrogen (secondary N) is 4. The number of ether oxygens (including phenoxy) is 3. The fourth-order valence-corrected chi connectivity index (χ4v) is 4.88. The lowest BCUT2D eigenvalue weighted by Crippen LogP contribution is -2.57. The first kappa shape index (κ1) is 53.6. The van der Waals surface area contributed by atoms with E-state index in [0.717, 1.165) is 0 Å². The molecule has 0 unspecified atom stereocenters. The summed E-state index contributed by atoms with van der Waals surface area (Å²) >= 11 is 0. The number of amides is 6. The number of nitroso groups, excluding NO2 is 1. The van der Waals surface area contributed by atoms with Crippen molar-refractivity contribution in [2.45, 2.75) is 42.5 Å². The van der Waals surface area contributed by atoms with E-state index < -0.39 is 112 Å². The average molecular weight is 913 g/mol. The molecule has 6 amide bonds.